The molecule has 0 saturated carbocycles. The van der Waals surface area contributed by atoms with E-state index in [1.165, 1.54) is 11.8 Å². The van der Waals surface area contributed by atoms with Crippen LogP contribution in [0.5, 0.6) is 0 Å². The van der Waals surface area contributed by atoms with E-state index < -0.39 is 0 Å². The molecule has 2 atom stereocenters. The summed E-state index contributed by atoms with van der Waals surface area (Å²) >= 11 is 0. The molecule has 0 radical (unpaired) electrons. The minimum Gasteiger partial charge on any atom is -0.459 e. The Morgan fingerprint density at radius 1 is 1.22 bits per heavy atom. The van der Waals surface area contributed by atoms with E-state index in [0.29, 0.717) is 30.9 Å². The van der Waals surface area contributed by atoms with E-state index >= 15 is 0 Å². The lowest BCUT2D eigenvalue weighted by Gasteiger charge is -2.21. The summed E-state index contributed by atoms with van der Waals surface area (Å²) in [6.07, 6.45) is 3.40. The number of benzene rings is 1. The van der Waals surface area contributed by atoms with Crippen LogP contribution in [0.1, 0.15) is 48.4 Å². The van der Waals surface area contributed by atoms with Crippen LogP contribution in [0.2, 0.25) is 0 Å². The van der Waals surface area contributed by atoms with Gasteiger partial charge in [-0.2, -0.15) is 0 Å². The number of hydrogen-bond donors (Lipinski definition) is 3. The number of rotatable bonds is 9. The Kier molecular flexibility index (Phi) is 11.0. The molecule has 176 valence electrons. The summed E-state index contributed by atoms with van der Waals surface area (Å²) in [6, 6.07) is 13.3. The Morgan fingerprint density at radius 3 is 2.69 bits per heavy atom. The highest BCUT2D eigenvalue weighted by Gasteiger charge is 2.29. The van der Waals surface area contributed by atoms with Gasteiger partial charge in [0.25, 0.3) is 5.91 Å². The molecule has 8 heteroatoms. The third kappa shape index (κ3) is 7.81. The molecule has 2 heterocycles. The van der Waals surface area contributed by atoms with Crippen molar-refractivity contribution in [3.8, 4) is 0 Å². The molecule has 0 aliphatic carbocycles. The van der Waals surface area contributed by atoms with Crippen LogP contribution in [0.15, 0.2) is 52.1 Å². The first-order valence-electron chi connectivity index (χ1n) is 11.2. The predicted octanol–water partition coefficient (Wildman–Crippen LogP) is 3.54. The summed E-state index contributed by atoms with van der Waals surface area (Å²) in [5.41, 5.74) is 2.20. The molecule has 1 aromatic carbocycles. The van der Waals surface area contributed by atoms with Gasteiger partial charge in [0.1, 0.15) is 0 Å². The van der Waals surface area contributed by atoms with Crippen molar-refractivity contribution >= 4 is 35.8 Å². The Hall–Kier alpha value is -2.07. The van der Waals surface area contributed by atoms with Crippen LogP contribution in [0.4, 0.5) is 0 Å². The van der Waals surface area contributed by atoms with Gasteiger partial charge >= 0.3 is 0 Å². The fourth-order valence-corrected chi connectivity index (χ4v) is 3.91. The molecule has 7 nitrogen and oxygen atoms in total. The summed E-state index contributed by atoms with van der Waals surface area (Å²) in [7, 11) is 0. The van der Waals surface area contributed by atoms with Gasteiger partial charge in [-0.05, 0) is 45.2 Å². The third-order valence-corrected chi connectivity index (χ3v) is 5.58. The molecular formula is C24H36IN5O2. The number of carbonyl (C=O) groups is 1. The van der Waals surface area contributed by atoms with Gasteiger partial charge in [-0.25, -0.2) is 0 Å². The second kappa shape index (κ2) is 13.5. The average Bonchev–Trinajstić information content (AvgIpc) is 3.33. The van der Waals surface area contributed by atoms with Gasteiger partial charge in [0, 0.05) is 50.4 Å². The number of nitrogens with zero attached hydrogens (tertiary/aromatic N) is 2. The molecule has 1 fully saturated rings. The molecule has 2 unspecified atom stereocenters. The van der Waals surface area contributed by atoms with Crippen molar-refractivity contribution in [2.24, 2.45) is 4.99 Å². The van der Waals surface area contributed by atoms with Gasteiger partial charge in [-0.1, -0.05) is 30.3 Å². The maximum atomic E-state index is 12.1. The zero-order valence-corrected chi connectivity index (χ0v) is 21.6. The normalized spacial score (nSPS) is 18.8. The quantitative estimate of drug-likeness (QED) is 0.192. The summed E-state index contributed by atoms with van der Waals surface area (Å²) in [5.74, 6) is 1.05. The van der Waals surface area contributed by atoms with E-state index in [1.807, 2.05) is 6.92 Å². The fourth-order valence-electron chi connectivity index (χ4n) is 3.91. The van der Waals surface area contributed by atoms with Crippen LogP contribution in [-0.2, 0) is 6.54 Å². The van der Waals surface area contributed by atoms with Crippen LogP contribution in [0.3, 0.4) is 0 Å². The largest absolute Gasteiger partial charge is 0.459 e. The van der Waals surface area contributed by atoms with Gasteiger partial charge in [-0.15, -0.1) is 24.0 Å². The predicted molar refractivity (Wildman–Crippen MR) is 140 cm³/mol. The van der Waals surface area contributed by atoms with E-state index in [2.05, 4.69) is 70.0 Å². The minimum atomic E-state index is -0.171. The first kappa shape index (κ1) is 26.2. The van der Waals surface area contributed by atoms with E-state index in [0.717, 1.165) is 44.0 Å². The second-order valence-corrected chi connectivity index (χ2v) is 8.14. The molecule has 1 amide bonds. The molecule has 0 bridgehead atoms. The second-order valence-electron chi connectivity index (χ2n) is 8.14. The van der Waals surface area contributed by atoms with E-state index in [-0.39, 0.29) is 29.9 Å². The number of aryl methyl sites for hydroxylation is 1. The lowest BCUT2D eigenvalue weighted by molar-refractivity contribution is 0.0925. The highest BCUT2D eigenvalue weighted by Crippen LogP contribution is 2.20. The lowest BCUT2D eigenvalue weighted by atomic mass is 10.2. The number of likely N-dealkylation sites (tertiary alicyclic amines) is 1. The molecule has 1 saturated heterocycles. The highest BCUT2D eigenvalue weighted by atomic mass is 127. The van der Waals surface area contributed by atoms with Crippen molar-refractivity contribution in [2.45, 2.75) is 52.2 Å². The van der Waals surface area contributed by atoms with Crippen molar-refractivity contribution in [2.75, 3.05) is 26.2 Å². The number of furan rings is 1. The molecule has 3 rings (SSSR count). The third-order valence-electron chi connectivity index (χ3n) is 5.58. The van der Waals surface area contributed by atoms with Crippen LogP contribution in [0, 0.1) is 6.92 Å². The smallest absolute Gasteiger partial charge is 0.287 e. The van der Waals surface area contributed by atoms with Crippen molar-refractivity contribution in [3.05, 3.63) is 59.5 Å². The summed E-state index contributed by atoms with van der Waals surface area (Å²) < 4.78 is 5.22. The molecular weight excluding hydrogens is 517 g/mol. The van der Waals surface area contributed by atoms with Crippen molar-refractivity contribution in [3.63, 3.8) is 0 Å². The molecule has 2 aromatic rings. The van der Waals surface area contributed by atoms with Crippen molar-refractivity contribution < 1.29 is 9.21 Å². The molecule has 1 aliphatic rings. The first-order chi connectivity index (χ1) is 15.1. The van der Waals surface area contributed by atoms with Crippen LogP contribution in [-0.4, -0.2) is 55.0 Å². The van der Waals surface area contributed by atoms with Crippen LogP contribution < -0.4 is 16.0 Å². The number of guanidine groups is 1. The van der Waals surface area contributed by atoms with Crippen LogP contribution >= 0.6 is 24.0 Å². The Morgan fingerprint density at radius 2 is 2.00 bits per heavy atom. The fraction of sp³-hybridized carbons (Fsp3) is 0.500. The van der Waals surface area contributed by atoms with Gasteiger partial charge in [-0.3, -0.25) is 14.7 Å². The first-order valence-corrected chi connectivity index (χ1v) is 11.2. The molecule has 1 aromatic heterocycles. The highest BCUT2D eigenvalue weighted by molar-refractivity contribution is 14.0. The molecule has 1 aliphatic heterocycles. The minimum absolute atomic E-state index is 0. The molecule has 32 heavy (non-hydrogen) atoms. The standard InChI is InChI=1S/C24H35N5O2.HI/c1-4-25-24(27-13-8-12-26-23(30)22-18(2)11-14-31-22)28-21-15-19(3)29(17-21)16-20-9-6-5-7-10-20;/h5-7,9-11,14,19,21H,4,8,12-13,15-17H2,1-3H3,(H,26,30)(H2,25,27,28);1H. The lowest BCUT2D eigenvalue weighted by Crippen LogP contribution is -2.44. The van der Waals surface area contributed by atoms with E-state index in [9.17, 15) is 4.79 Å². The van der Waals surface area contributed by atoms with Crippen molar-refractivity contribution in [1.29, 1.82) is 0 Å². The maximum absolute atomic E-state index is 12.1. The Labute approximate surface area is 208 Å². The summed E-state index contributed by atoms with van der Waals surface area (Å²) in [4.78, 5) is 19.3. The monoisotopic (exact) mass is 553 g/mol. The zero-order chi connectivity index (χ0) is 22.1. The zero-order valence-electron chi connectivity index (χ0n) is 19.3. The maximum Gasteiger partial charge on any atom is 0.287 e. The van der Waals surface area contributed by atoms with Gasteiger partial charge < -0.3 is 20.4 Å². The van der Waals surface area contributed by atoms with E-state index in [1.54, 1.807) is 6.07 Å². The Bertz CT molecular complexity index is 855. The average molecular weight is 553 g/mol. The number of amides is 1. The number of carbonyl (C=O) groups excluding carboxylic acids is 1. The number of aliphatic imine (C=N–C) groups is 1. The number of nitrogens with one attached hydrogen (secondary N) is 3. The number of halogens is 1. The Balaban J connectivity index is 0.00000363. The van der Waals surface area contributed by atoms with Gasteiger partial charge in [0.15, 0.2) is 11.7 Å². The van der Waals surface area contributed by atoms with Crippen LogP contribution in [0.25, 0.3) is 0 Å². The van der Waals surface area contributed by atoms with Crippen molar-refractivity contribution in [1.82, 2.24) is 20.9 Å². The topological polar surface area (TPSA) is 81.9 Å². The summed E-state index contributed by atoms with van der Waals surface area (Å²) in [6.45, 7) is 10.2. The molecule has 3 N–H and O–H groups in total. The van der Waals surface area contributed by atoms with Gasteiger partial charge in [0.2, 0.25) is 0 Å². The SMILES string of the molecule is CCNC(=NCCCNC(=O)c1occc1C)NC1CC(C)N(Cc2ccccc2)C1.I. The number of hydrogen-bond acceptors (Lipinski definition) is 4. The summed E-state index contributed by atoms with van der Waals surface area (Å²) in [5, 5.41) is 9.81. The van der Waals surface area contributed by atoms with E-state index in [4.69, 9.17) is 4.42 Å². The van der Waals surface area contributed by atoms with Gasteiger partial charge in [0.05, 0.1) is 6.26 Å². The molecule has 0 spiro atoms.